The average molecular weight is 348 g/mol. The molecular weight excluding hydrogens is 328 g/mol. The van der Waals surface area contributed by atoms with Gasteiger partial charge in [0.15, 0.2) is 0 Å². The smallest absolute Gasteiger partial charge is 0.0541 e. The van der Waals surface area contributed by atoms with E-state index in [9.17, 15) is 0 Å². The lowest BCUT2D eigenvalue weighted by Gasteiger charge is -2.13. The Morgan fingerprint density at radius 2 is 1.22 bits per heavy atom. The van der Waals surface area contributed by atoms with E-state index in [-0.39, 0.29) is 0 Å². The summed E-state index contributed by atoms with van der Waals surface area (Å²) in [6.07, 6.45) is 0. The van der Waals surface area contributed by atoms with Crippen molar-refractivity contribution < 1.29 is 0 Å². The van der Waals surface area contributed by atoms with E-state index in [2.05, 4.69) is 95.7 Å². The Balaban J connectivity index is 1.66. The van der Waals surface area contributed by atoms with Crippen LogP contribution in [0.3, 0.4) is 0 Å². The minimum atomic E-state index is 1.10. The van der Waals surface area contributed by atoms with Crippen LogP contribution in [-0.2, 0) is 0 Å². The molecule has 0 aliphatic heterocycles. The monoisotopic (exact) mass is 348 g/mol. The maximum absolute atomic E-state index is 3.51. The molecule has 0 fully saturated rings. The molecule has 0 aliphatic carbocycles. The molecule has 5 rings (SSSR count). The van der Waals surface area contributed by atoms with Crippen molar-refractivity contribution in [3.8, 4) is 5.69 Å². The molecule has 1 N–H and O–H groups in total. The Kier molecular flexibility index (Phi) is 3.68. The first-order valence-electron chi connectivity index (χ1n) is 9.22. The molecule has 0 bridgehead atoms. The summed E-state index contributed by atoms with van der Waals surface area (Å²) < 4.78 is 2.35. The largest absolute Gasteiger partial charge is 0.355 e. The molecular formula is C25H20N2. The lowest BCUT2D eigenvalue weighted by Crippen LogP contribution is -1.97. The van der Waals surface area contributed by atoms with Crippen molar-refractivity contribution in [1.82, 2.24) is 4.57 Å². The Labute approximate surface area is 158 Å². The summed E-state index contributed by atoms with van der Waals surface area (Å²) in [6.45, 7) is 2.16. The van der Waals surface area contributed by atoms with E-state index < -0.39 is 0 Å². The van der Waals surface area contributed by atoms with Gasteiger partial charge in [0.25, 0.3) is 0 Å². The Morgan fingerprint density at radius 3 is 1.85 bits per heavy atom. The van der Waals surface area contributed by atoms with Gasteiger partial charge in [-0.25, -0.2) is 0 Å². The minimum Gasteiger partial charge on any atom is -0.355 e. The maximum atomic E-state index is 3.51. The highest BCUT2D eigenvalue weighted by atomic mass is 15.0. The fourth-order valence-electron chi connectivity index (χ4n) is 3.80. The van der Waals surface area contributed by atoms with Gasteiger partial charge in [-0.2, -0.15) is 0 Å². The van der Waals surface area contributed by atoms with Crippen LogP contribution >= 0.6 is 0 Å². The molecule has 1 heterocycles. The van der Waals surface area contributed by atoms with E-state index in [4.69, 9.17) is 0 Å². The van der Waals surface area contributed by atoms with Crippen molar-refractivity contribution in [2.24, 2.45) is 0 Å². The van der Waals surface area contributed by atoms with Crippen LogP contribution in [0.15, 0.2) is 97.1 Å². The van der Waals surface area contributed by atoms with Crippen molar-refractivity contribution in [2.75, 3.05) is 5.32 Å². The summed E-state index contributed by atoms with van der Waals surface area (Å²) in [6, 6.07) is 34.1. The predicted octanol–water partition coefficient (Wildman–Crippen LogP) is 6.84. The quantitative estimate of drug-likeness (QED) is 0.378. The first-order valence-corrected chi connectivity index (χ1v) is 9.22. The second kappa shape index (κ2) is 6.33. The van der Waals surface area contributed by atoms with Crippen LogP contribution in [-0.4, -0.2) is 4.57 Å². The average Bonchev–Trinajstić information content (AvgIpc) is 3.05. The van der Waals surface area contributed by atoms with Gasteiger partial charge in [-0.05, 0) is 55.0 Å². The van der Waals surface area contributed by atoms with Crippen molar-refractivity contribution >= 4 is 33.2 Å². The summed E-state index contributed by atoms with van der Waals surface area (Å²) >= 11 is 0. The van der Waals surface area contributed by atoms with Crippen molar-refractivity contribution in [1.29, 1.82) is 0 Å². The highest BCUT2D eigenvalue weighted by molar-refractivity contribution is 6.09. The SMILES string of the molecule is Cc1cc(-n2c3ccccc3c3ccccc32)ccc1Nc1ccccc1. The van der Waals surface area contributed by atoms with E-state index in [1.54, 1.807) is 0 Å². The summed E-state index contributed by atoms with van der Waals surface area (Å²) in [5.41, 5.74) is 7.11. The standard InChI is InChI=1S/C25H20N2/c1-18-17-20(15-16-23(18)26-19-9-3-2-4-10-19)27-24-13-7-5-11-21(24)22-12-6-8-14-25(22)27/h2-17,26H,1H3. The number of aromatic nitrogens is 1. The number of hydrogen-bond acceptors (Lipinski definition) is 1. The van der Waals surface area contributed by atoms with Gasteiger partial charge in [0.05, 0.1) is 11.0 Å². The molecule has 0 saturated carbocycles. The molecule has 2 nitrogen and oxygen atoms in total. The summed E-state index contributed by atoms with van der Waals surface area (Å²) in [5, 5.41) is 6.09. The molecule has 1 aromatic heterocycles. The third kappa shape index (κ3) is 2.67. The fourth-order valence-corrected chi connectivity index (χ4v) is 3.80. The summed E-state index contributed by atoms with van der Waals surface area (Å²) in [7, 11) is 0. The van der Waals surface area contributed by atoms with Gasteiger partial charge >= 0.3 is 0 Å². The Hall–Kier alpha value is -3.52. The third-order valence-corrected chi connectivity index (χ3v) is 5.10. The summed E-state index contributed by atoms with van der Waals surface area (Å²) in [5.74, 6) is 0. The second-order valence-electron chi connectivity index (χ2n) is 6.86. The van der Waals surface area contributed by atoms with Gasteiger partial charge in [0.2, 0.25) is 0 Å². The molecule has 130 valence electrons. The van der Waals surface area contributed by atoms with Gasteiger partial charge < -0.3 is 9.88 Å². The zero-order valence-electron chi connectivity index (χ0n) is 15.2. The van der Waals surface area contributed by atoms with Crippen LogP contribution in [0, 0.1) is 6.92 Å². The summed E-state index contributed by atoms with van der Waals surface area (Å²) in [4.78, 5) is 0. The molecule has 0 saturated heterocycles. The van der Waals surface area contributed by atoms with Crippen LogP contribution in [0.4, 0.5) is 11.4 Å². The number of hydrogen-bond donors (Lipinski definition) is 1. The maximum Gasteiger partial charge on any atom is 0.0541 e. The zero-order chi connectivity index (χ0) is 18.2. The van der Waals surface area contributed by atoms with Gasteiger partial charge in [0.1, 0.15) is 0 Å². The molecule has 0 atom stereocenters. The van der Waals surface area contributed by atoms with E-state index >= 15 is 0 Å². The molecule has 0 radical (unpaired) electrons. The van der Waals surface area contributed by atoms with E-state index in [1.165, 1.54) is 33.1 Å². The van der Waals surface area contributed by atoms with Crippen molar-refractivity contribution in [3.05, 3.63) is 103 Å². The molecule has 5 aromatic rings. The molecule has 4 aromatic carbocycles. The van der Waals surface area contributed by atoms with E-state index in [1.807, 2.05) is 18.2 Å². The number of rotatable bonds is 3. The molecule has 0 aliphatic rings. The van der Waals surface area contributed by atoms with Crippen LogP contribution in [0.2, 0.25) is 0 Å². The number of benzene rings is 4. The fraction of sp³-hybridized carbons (Fsp3) is 0.0400. The first-order chi connectivity index (χ1) is 13.3. The number of anilines is 2. The predicted molar refractivity (Wildman–Crippen MR) is 115 cm³/mol. The molecule has 27 heavy (non-hydrogen) atoms. The van der Waals surface area contributed by atoms with Crippen LogP contribution in [0.5, 0.6) is 0 Å². The number of para-hydroxylation sites is 3. The van der Waals surface area contributed by atoms with Crippen LogP contribution < -0.4 is 5.32 Å². The number of nitrogens with zero attached hydrogens (tertiary/aromatic N) is 1. The van der Waals surface area contributed by atoms with E-state index in [0.29, 0.717) is 0 Å². The van der Waals surface area contributed by atoms with Gasteiger partial charge in [0, 0.05) is 27.8 Å². The van der Waals surface area contributed by atoms with Gasteiger partial charge in [-0.3, -0.25) is 0 Å². The number of nitrogens with one attached hydrogen (secondary N) is 1. The molecule has 0 unspecified atom stereocenters. The lowest BCUT2D eigenvalue weighted by molar-refractivity contribution is 1.17. The topological polar surface area (TPSA) is 17.0 Å². The van der Waals surface area contributed by atoms with Crippen LogP contribution in [0.25, 0.3) is 27.5 Å². The molecule has 2 heteroatoms. The normalized spacial score (nSPS) is 11.1. The zero-order valence-corrected chi connectivity index (χ0v) is 15.2. The highest BCUT2D eigenvalue weighted by Crippen LogP contribution is 2.33. The first kappa shape index (κ1) is 15.7. The molecule has 0 spiro atoms. The number of aryl methyl sites for hydroxylation is 1. The third-order valence-electron chi connectivity index (χ3n) is 5.10. The van der Waals surface area contributed by atoms with Crippen molar-refractivity contribution in [2.45, 2.75) is 6.92 Å². The Morgan fingerprint density at radius 1 is 0.630 bits per heavy atom. The second-order valence-corrected chi connectivity index (χ2v) is 6.86. The van der Waals surface area contributed by atoms with Crippen molar-refractivity contribution in [3.63, 3.8) is 0 Å². The number of fused-ring (bicyclic) bond motifs is 3. The van der Waals surface area contributed by atoms with Crippen LogP contribution in [0.1, 0.15) is 5.56 Å². The Bertz CT molecular complexity index is 1200. The van der Waals surface area contributed by atoms with E-state index in [0.717, 1.165) is 11.4 Å². The van der Waals surface area contributed by atoms with Gasteiger partial charge in [-0.1, -0.05) is 54.6 Å². The highest BCUT2D eigenvalue weighted by Gasteiger charge is 2.12. The molecule has 0 amide bonds. The lowest BCUT2D eigenvalue weighted by atomic mass is 10.1. The minimum absolute atomic E-state index is 1.10. The van der Waals surface area contributed by atoms with Gasteiger partial charge in [-0.15, -0.1) is 0 Å².